The summed E-state index contributed by atoms with van der Waals surface area (Å²) in [5.74, 6) is 0.295. The lowest BCUT2D eigenvalue weighted by molar-refractivity contribution is 0.0599. The van der Waals surface area contributed by atoms with Gasteiger partial charge in [0.05, 0.1) is 18.8 Å². The van der Waals surface area contributed by atoms with Crippen LogP contribution in [0.1, 0.15) is 35.7 Å². The smallest absolute Gasteiger partial charge is 0.338 e. The molecule has 1 aromatic carbocycles. The van der Waals surface area contributed by atoms with Crippen molar-refractivity contribution in [3.63, 3.8) is 0 Å². The average Bonchev–Trinajstić information content (AvgIpc) is 2.94. The van der Waals surface area contributed by atoms with Gasteiger partial charge in [-0.25, -0.2) is 4.79 Å². The van der Waals surface area contributed by atoms with Crippen LogP contribution in [-0.2, 0) is 16.0 Å². The molecular formula is C16H23NO3. The number of nitrogens with one attached hydrogen (secondary N) is 1. The normalized spacial score (nSPS) is 21.9. The number of carbonyl (C=O) groups excluding carboxylic acids is 1. The third-order valence-electron chi connectivity index (χ3n) is 3.89. The largest absolute Gasteiger partial charge is 0.465 e. The zero-order valence-electron chi connectivity index (χ0n) is 12.2. The first-order chi connectivity index (χ1) is 9.76. The summed E-state index contributed by atoms with van der Waals surface area (Å²) in [6.07, 6.45) is 2.55. The van der Waals surface area contributed by atoms with Gasteiger partial charge in [-0.1, -0.05) is 25.1 Å². The van der Waals surface area contributed by atoms with E-state index in [1.165, 1.54) is 7.11 Å². The van der Waals surface area contributed by atoms with Crippen LogP contribution in [0.5, 0.6) is 0 Å². The second-order valence-electron chi connectivity index (χ2n) is 5.15. The molecule has 0 bridgehead atoms. The molecule has 110 valence electrons. The Bertz CT molecular complexity index is 447. The number of benzene rings is 1. The SMILES string of the molecule is CCC1OCCC1CNCc1ccccc1C(=O)OC. The molecule has 2 atom stereocenters. The fourth-order valence-corrected chi connectivity index (χ4v) is 2.75. The van der Waals surface area contributed by atoms with E-state index in [2.05, 4.69) is 12.2 Å². The lowest BCUT2D eigenvalue weighted by atomic mass is 9.99. The Morgan fingerprint density at radius 3 is 3.00 bits per heavy atom. The summed E-state index contributed by atoms with van der Waals surface area (Å²) in [4.78, 5) is 11.7. The van der Waals surface area contributed by atoms with Gasteiger partial charge in [0.25, 0.3) is 0 Å². The topological polar surface area (TPSA) is 47.6 Å². The van der Waals surface area contributed by atoms with Crippen LogP contribution in [0.4, 0.5) is 0 Å². The summed E-state index contributed by atoms with van der Waals surface area (Å²) < 4.78 is 10.5. The molecule has 2 rings (SSSR count). The molecule has 1 heterocycles. The molecule has 0 aliphatic carbocycles. The van der Waals surface area contributed by atoms with Crippen LogP contribution in [0, 0.1) is 5.92 Å². The van der Waals surface area contributed by atoms with Crippen molar-refractivity contribution in [3.8, 4) is 0 Å². The molecule has 1 aliphatic heterocycles. The lowest BCUT2D eigenvalue weighted by Crippen LogP contribution is -2.28. The van der Waals surface area contributed by atoms with Gasteiger partial charge in [0.15, 0.2) is 0 Å². The standard InChI is InChI=1S/C16H23NO3/c1-3-15-13(8-9-20-15)11-17-10-12-6-4-5-7-14(12)16(18)19-2/h4-7,13,15,17H,3,8-11H2,1-2H3. The zero-order valence-corrected chi connectivity index (χ0v) is 12.2. The predicted octanol–water partition coefficient (Wildman–Crippen LogP) is 2.38. The van der Waals surface area contributed by atoms with E-state index in [1.54, 1.807) is 6.07 Å². The lowest BCUT2D eigenvalue weighted by Gasteiger charge is -2.17. The molecule has 4 heteroatoms. The Hall–Kier alpha value is -1.39. The van der Waals surface area contributed by atoms with E-state index in [9.17, 15) is 4.79 Å². The molecule has 0 saturated carbocycles. The number of carbonyl (C=O) groups is 1. The highest BCUT2D eigenvalue weighted by molar-refractivity contribution is 5.90. The number of esters is 1. The minimum absolute atomic E-state index is 0.280. The molecule has 0 amide bonds. The first kappa shape index (κ1) is 15.0. The quantitative estimate of drug-likeness (QED) is 0.811. The Morgan fingerprint density at radius 1 is 1.45 bits per heavy atom. The molecule has 1 aromatic rings. The number of hydrogen-bond donors (Lipinski definition) is 1. The van der Waals surface area contributed by atoms with Crippen molar-refractivity contribution >= 4 is 5.97 Å². The molecule has 2 unspecified atom stereocenters. The maximum absolute atomic E-state index is 11.7. The van der Waals surface area contributed by atoms with Crippen LogP contribution in [0.25, 0.3) is 0 Å². The van der Waals surface area contributed by atoms with Crippen molar-refractivity contribution in [2.75, 3.05) is 20.3 Å². The highest BCUT2D eigenvalue weighted by Crippen LogP contribution is 2.22. The summed E-state index contributed by atoms with van der Waals surface area (Å²) in [5, 5.41) is 3.44. The monoisotopic (exact) mass is 277 g/mol. The molecule has 0 aromatic heterocycles. The van der Waals surface area contributed by atoms with E-state index in [4.69, 9.17) is 9.47 Å². The number of rotatable bonds is 6. The van der Waals surface area contributed by atoms with Crippen LogP contribution < -0.4 is 5.32 Å². The molecule has 1 aliphatic rings. The summed E-state index contributed by atoms with van der Waals surface area (Å²) in [7, 11) is 1.41. The van der Waals surface area contributed by atoms with Crippen molar-refractivity contribution < 1.29 is 14.3 Å². The van der Waals surface area contributed by atoms with Crippen molar-refractivity contribution in [1.29, 1.82) is 0 Å². The van der Waals surface area contributed by atoms with Crippen molar-refractivity contribution in [2.24, 2.45) is 5.92 Å². The van der Waals surface area contributed by atoms with E-state index in [0.717, 1.165) is 31.6 Å². The first-order valence-electron chi connectivity index (χ1n) is 7.24. The predicted molar refractivity (Wildman–Crippen MR) is 77.6 cm³/mol. The van der Waals surface area contributed by atoms with Gasteiger partial charge in [-0.2, -0.15) is 0 Å². The van der Waals surface area contributed by atoms with E-state index in [0.29, 0.717) is 24.1 Å². The van der Waals surface area contributed by atoms with E-state index in [1.807, 2.05) is 18.2 Å². The molecule has 1 fully saturated rings. The summed E-state index contributed by atoms with van der Waals surface area (Å²) in [5.41, 5.74) is 1.61. The van der Waals surface area contributed by atoms with Gasteiger partial charge < -0.3 is 14.8 Å². The molecule has 0 radical (unpaired) electrons. The Morgan fingerprint density at radius 2 is 2.25 bits per heavy atom. The Labute approximate surface area is 120 Å². The fraction of sp³-hybridized carbons (Fsp3) is 0.562. The van der Waals surface area contributed by atoms with Gasteiger partial charge in [0.1, 0.15) is 0 Å². The number of ether oxygens (including phenoxy) is 2. The van der Waals surface area contributed by atoms with Gasteiger partial charge >= 0.3 is 5.97 Å². The van der Waals surface area contributed by atoms with E-state index < -0.39 is 0 Å². The maximum Gasteiger partial charge on any atom is 0.338 e. The summed E-state index contributed by atoms with van der Waals surface area (Å²) >= 11 is 0. The molecule has 1 saturated heterocycles. The van der Waals surface area contributed by atoms with Gasteiger partial charge in [-0.15, -0.1) is 0 Å². The van der Waals surface area contributed by atoms with E-state index >= 15 is 0 Å². The second kappa shape index (κ2) is 7.41. The molecular weight excluding hydrogens is 254 g/mol. The van der Waals surface area contributed by atoms with Crippen LogP contribution >= 0.6 is 0 Å². The van der Waals surface area contributed by atoms with Gasteiger partial charge in [-0.3, -0.25) is 0 Å². The maximum atomic E-state index is 11.7. The summed E-state index contributed by atoms with van der Waals surface area (Å²) in [6, 6.07) is 7.56. The highest BCUT2D eigenvalue weighted by atomic mass is 16.5. The third-order valence-corrected chi connectivity index (χ3v) is 3.89. The third kappa shape index (κ3) is 3.58. The zero-order chi connectivity index (χ0) is 14.4. The number of hydrogen-bond acceptors (Lipinski definition) is 4. The minimum atomic E-state index is -0.280. The van der Waals surface area contributed by atoms with Crippen molar-refractivity contribution in [1.82, 2.24) is 5.32 Å². The number of methoxy groups -OCH3 is 1. The van der Waals surface area contributed by atoms with Crippen LogP contribution in [0.2, 0.25) is 0 Å². The Kier molecular flexibility index (Phi) is 5.56. The van der Waals surface area contributed by atoms with Crippen LogP contribution in [0.15, 0.2) is 24.3 Å². The van der Waals surface area contributed by atoms with E-state index in [-0.39, 0.29) is 5.97 Å². The molecule has 4 nitrogen and oxygen atoms in total. The minimum Gasteiger partial charge on any atom is -0.465 e. The summed E-state index contributed by atoms with van der Waals surface area (Å²) in [6.45, 7) is 4.63. The molecule has 20 heavy (non-hydrogen) atoms. The second-order valence-corrected chi connectivity index (χ2v) is 5.15. The highest BCUT2D eigenvalue weighted by Gasteiger charge is 2.26. The van der Waals surface area contributed by atoms with Crippen molar-refractivity contribution in [2.45, 2.75) is 32.4 Å². The van der Waals surface area contributed by atoms with Gasteiger partial charge in [0.2, 0.25) is 0 Å². The van der Waals surface area contributed by atoms with Crippen LogP contribution in [-0.4, -0.2) is 32.3 Å². The molecule has 1 N–H and O–H groups in total. The fourth-order valence-electron chi connectivity index (χ4n) is 2.75. The van der Waals surface area contributed by atoms with Gasteiger partial charge in [0, 0.05) is 19.7 Å². The Balaban J connectivity index is 1.89. The van der Waals surface area contributed by atoms with Crippen LogP contribution in [0.3, 0.4) is 0 Å². The molecule has 0 spiro atoms. The first-order valence-corrected chi connectivity index (χ1v) is 7.24. The van der Waals surface area contributed by atoms with Gasteiger partial charge in [-0.05, 0) is 30.4 Å². The average molecular weight is 277 g/mol. The van der Waals surface area contributed by atoms with Crippen molar-refractivity contribution in [3.05, 3.63) is 35.4 Å².